The van der Waals surface area contributed by atoms with Gasteiger partial charge in [-0.3, -0.25) is 0 Å². The molecule has 1 saturated heterocycles. The molecule has 3 heterocycles. The first-order valence-electron chi connectivity index (χ1n) is 7.69. The van der Waals surface area contributed by atoms with Crippen molar-refractivity contribution in [3.05, 3.63) is 23.7 Å². The summed E-state index contributed by atoms with van der Waals surface area (Å²) in [7, 11) is 2.20. The summed E-state index contributed by atoms with van der Waals surface area (Å²) in [6, 6.07) is 4.58. The summed E-state index contributed by atoms with van der Waals surface area (Å²) >= 11 is 5.98. The lowest BCUT2D eigenvalue weighted by Gasteiger charge is -2.36. The molecular weight excluding hydrogens is 284 g/mol. The Bertz CT molecular complexity index is 636. The number of imidazole rings is 1. The fourth-order valence-electron chi connectivity index (χ4n) is 3.45. The van der Waals surface area contributed by atoms with Gasteiger partial charge >= 0.3 is 0 Å². The van der Waals surface area contributed by atoms with E-state index in [1.807, 2.05) is 13.0 Å². The van der Waals surface area contributed by atoms with E-state index in [9.17, 15) is 0 Å². The highest BCUT2D eigenvalue weighted by atomic mass is 35.5. The predicted molar refractivity (Wildman–Crippen MR) is 87.0 cm³/mol. The van der Waals surface area contributed by atoms with Gasteiger partial charge in [-0.2, -0.15) is 0 Å². The van der Waals surface area contributed by atoms with Crippen LogP contribution in [0.2, 0.25) is 0 Å². The summed E-state index contributed by atoms with van der Waals surface area (Å²) in [5.74, 6) is 2.28. The Labute approximate surface area is 131 Å². The van der Waals surface area contributed by atoms with Crippen molar-refractivity contribution in [2.75, 3.05) is 26.0 Å². The topological polar surface area (TPSA) is 34.0 Å². The van der Waals surface area contributed by atoms with Gasteiger partial charge in [-0.1, -0.05) is 6.92 Å². The molecule has 0 spiro atoms. The molecule has 114 valence electrons. The summed E-state index contributed by atoms with van der Waals surface area (Å²) in [6.07, 6.45) is 1.95. The average molecular weight is 307 g/mol. The number of fused-ring (bicyclic) bond motifs is 1. The van der Waals surface area contributed by atoms with E-state index < -0.39 is 0 Å². The molecule has 21 heavy (non-hydrogen) atoms. The quantitative estimate of drug-likeness (QED) is 0.817. The van der Waals surface area contributed by atoms with Crippen LogP contribution in [0.5, 0.6) is 0 Å². The Morgan fingerprint density at radius 1 is 1.33 bits per heavy atom. The highest BCUT2D eigenvalue weighted by Crippen LogP contribution is 2.32. The zero-order chi connectivity index (χ0) is 15.0. The number of alkyl halides is 1. The van der Waals surface area contributed by atoms with E-state index in [-0.39, 0.29) is 0 Å². The van der Waals surface area contributed by atoms with Gasteiger partial charge in [-0.15, -0.1) is 11.6 Å². The molecule has 0 radical (unpaired) electrons. The third-order valence-corrected chi connectivity index (χ3v) is 4.65. The first kappa shape index (κ1) is 14.8. The van der Waals surface area contributed by atoms with Crippen molar-refractivity contribution < 1.29 is 0 Å². The number of aromatic nitrogens is 3. The maximum absolute atomic E-state index is 5.98. The number of piperidine rings is 1. The zero-order valence-electron chi connectivity index (χ0n) is 13.0. The lowest BCUT2D eigenvalue weighted by atomic mass is 9.93. The molecular formula is C16H23ClN4. The second-order valence-electron chi connectivity index (χ2n) is 6.23. The van der Waals surface area contributed by atoms with Crippen molar-refractivity contribution in [2.45, 2.75) is 32.7 Å². The monoisotopic (exact) mass is 306 g/mol. The Morgan fingerprint density at radius 3 is 2.86 bits per heavy atom. The van der Waals surface area contributed by atoms with Gasteiger partial charge in [0.05, 0.1) is 0 Å². The van der Waals surface area contributed by atoms with Crippen LogP contribution in [0.4, 0.5) is 0 Å². The Balaban J connectivity index is 2.10. The average Bonchev–Trinajstić information content (AvgIpc) is 2.77. The van der Waals surface area contributed by atoms with Crippen molar-refractivity contribution in [3.8, 4) is 0 Å². The first-order valence-corrected chi connectivity index (χ1v) is 8.22. The summed E-state index contributed by atoms with van der Waals surface area (Å²) in [5, 5.41) is 0. The molecule has 0 N–H and O–H groups in total. The van der Waals surface area contributed by atoms with Crippen molar-refractivity contribution >= 4 is 22.8 Å². The van der Waals surface area contributed by atoms with Gasteiger partial charge in [0.2, 0.25) is 0 Å². The number of pyridine rings is 1. The van der Waals surface area contributed by atoms with E-state index in [2.05, 4.69) is 29.5 Å². The number of likely N-dealkylation sites (tertiary alicyclic amines) is 1. The number of hydrogen-bond acceptors (Lipinski definition) is 3. The van der Waals surface area contributed by atoms with Crippen molar-refractivity contribution in [3.63, 3.8) is 0 Å². The molecule has 0 saturated carbocycles. The van der Waals surface area contributed by atoms with E-state index in [1.54, 1.807) is 0 Å². The van der Waals surface area contributed by atoms with Gasteiger partial charge in [0, 0.05) is 30.6 Å². The molecule has 3 rings (SSSR count). The minimum atomic E-state index is 0.471. The van der Waals surface area contributed by atoms with Crippen LogP contribution in [0, 0.1) is 12.8 Å². The van der Waals surface area contributed by atoms with Crippen LogP contribution in [0.1, 0.15) is 30.9 Å². The summed E-state index contributed by atoms with van der Waals surface area (Å²) in [5.41, 5.74) is 3.06. The van der Waals surface area contributed by atoms with Gasteiger partial charge in [0.1, 0.15) is 11.3 Å². The van der Waals surface area contributed by atoms with Crippen LogP contribution in [0.15, 0.2) is 12.1 Å². The van der Waals surface area contributed by atoms with Crippen LogP contribution in [-0.4, -0.2) is 45.5 Å². The number of nitrogens with zero attached hydrogens (tertiary/aromatic N) is 4. The van der Waals surface area contributed by atoms with Gasteiger partial charge in [-0.25, -0.2) is 9.97 Å². The summed E-state index contributed by atoms with van der Waals surface area (Å²) < 4.78 is 2.36. The molecule has 2 aromatic rings. The second-order valence-corrected chi connectivity index (χ2v) is 6.61. The van der Waals surface area contributed by atoms with Gasteiger partial charge < -0.3 is 9.47 Å². The lowest BCUT2D eigenvalue weighted by Crippen LogP contribution is -2.38. The molecule has 1 fully saturated rings. The van der Waals surface area contributed by atoms with Gasteiger partial charge in [-0.05, 0) is 45.0 Å². The van der Waals surface area contributed by atoms with E-state index in [0.29, 0.717) is 17.8 Å². The molecule has 2 atom stereocenters. The fourth-order valence-corrected chi connectivity index (χ4v) is 3.62. The van der Waals surface area contributed by atoms with E-state index in [1.165, 1.54) is 0 Å². The van der Waals surface area contributed by atoms with Crippen LogP contribution in [0.25, 0.3) is 11.2 Å². The molecule has 2 unspecified atom stereocenters. The maximum atomic E-state index is 5.98. The van der Waals surface area contributed by atoms with Crippen LogP contribution in [0.3, 0.4) is 0 Å². The molecule has 4 nitrogen and oxygen atoms in total. The molecule has 5 heteroatoms. The third kappa shape index (κ3) is 2.79. The highest BCUT2D eigenvalue weighted by Gasteiger charge is 2.29. The van der Waals surface area contributed by atoms with E-state index in [4.69, 9.17) is 21.6 Å². The minimum absolute atomic E-state index is 0.471. The second kappa shape index (κ2) is 5.93. The molecule has 2 aromatic heterocycles. The van der Waals surface area contributed by atoms with E-state index in [0.717, 1.165) is 48.6 Å². The van der Waals surface area contributed by atoms with Crippen molar-refractivity contribution in [1.29, 1.82) is 0 Å². The number of rotatable bonds is 3. The molecule has 0 aromatic carbocycles. The summed E-state index contributed by atoms with van der Waals surface area (Å²) in [6.45, 7) is 6.61. The van der Waals surface area contributed by atoms with Gasteiger partial charge in [0.25, 0.3) is 0 Å². The number of aryl methyl sites for hydroxylation is 2. The van der Waals surface area contributed by atoms with Crippen LogP contribution < -0.4 is 0 Å². The molecule has 0 bridgehead atoms. The lowest BCUT2D eigenvalue weighted by molar-refractivity contribution is 0.159. The van der Waals surface area contributed by atoms with Crippen LogP contribution in [-0.2, 0) is 6.42 Å². The first-order chi connectivity index (χ1) is 10.1. The van der Waals surface area contributed by atoms with Crippen molar-refractivity contribution in [2.24, 2.45) is 5.92 Å². The maximum Gasteiger partial charge on any atom is 0.160 e. The number of hydrogen-bond donors (Lipinski definition) is 0. The van der Waals surface area contributed by atoms with Crippen molar-refractivity contribution in [1.82, 2.24) is 19.4 Å². The molecule has 1 aliphatic rings. The molecule has 0 aliphatic carbocycles. The number of halogens is 1. The molecule has 0 amide bonds. The molecule has 1 aliphatic heterocycles. The predicted octanol–water partition coefficient (Wildman–Crippen LogP) is 3.03. The zero-order valence-corrected chi connectivity index (χ0v) is 13.8. The largest absolute Gasteiger partial charge is 0.309 e. The third-order valence-electron chi connectivity index (χ3n) is 4.46. The standard InChI is InChI=1S/C16H23ClN4/c1-11-10-20(3)9-7-14(11)21-15(6-8-17)19-13-5-4-12(2)18-16(13)21/h4-5,11,14H,6-10H2,1-3H3. The minimum Gasteiger partial charge on any atom is -0.309 e. The normalized spacial score (nSPS) is 23.8. The Hall–Kier alpha value is -1.13. The van der Waals surface area contributed by atoms with Gasteiger partial charge in [0.15, 0.2) is 5.65 Å². The Kier molecular flexibility index (Phi) is 4.18. The highest BCUT2D eigenvalue weighted by molar-refractivity contribution is 6.17. The fraction of sp³-hybridized carbons (Fsp3) is 0.625. The smallest absolute Gasteiger partial charge is 0.160 e. The Morgan fingerprint density at radius 2 is 2.14 bits per heavy atom. The van der Waals surface area contributed by atoms with Crippen LogP contribution >= 0.6 is 11.6 Å². The van der Waals surface area contributed by atoms with E-state index >= 15 is 0 Å². The summed E-state index contributed by atoms with van der Waals surface area (Å²) in [4.78, 5) is 11.9. The SMILES string of the molecule is Cc1ccc2nc(CCCl)n(C3CCN(C)CC3C)c2n1.